The zero-order valence-corrected chi connectivity index (χ0v) is 8.38. The van der Waals surface area contributed by atoms with Crippen molar-refractivity contribution in [3.8, 4) is 0 Å². The van der Waals surface area contributed by atoms with Gasteiger partial charge in [0.25, 0.3) is 0 Å². The van der Waals surface area contributed by atoms with Crippen LogP contribution in [0.1, 0.15) is 49.7 Å². The first-order valence-electron chi connectivity index (χ1n) is 5.19. The highest BCUT2D eigenvalue weighted by Crippen LogP contribution is 2.37. The molecule has 1 aromatic heterocycles. The average Bonchev–Trinajstić information content (AvgIpc) is 3.00. The Hall–Kier alpha value is -0.920. The monoisotopic (exact) mass is 176 g/mol. The fourth-order valence-electron chi connectivity index (χ4n) is 1.60. The van der Waals surface area contributed by atoms with E-state index in [1.165, 1.54) is 24.1 Å². The summed E-state index contributed by atoms with van der Waals surface area (Å²) in [5.74, 6) is 1.75. The number of aryl methyl sites for hydroxylation is 2. The molecule has 0 atom stereocenters. The summed E-state index contributed by atoms with van der Waals surface area (Å²) in [7, 11) is 0. The van der Waals surface area contributed by atoms with E-state index in [9.17, 15) is 0 Å². The van der Waals surface area contributed by atoms with Crippen LogP contribution in [0.5, 0.6) is 0 Å². The van der Waals surface area contributed by atoms with Crippen molar-refractivity contribution in [2.75, 3.05) is 0 Å². The smallest absolute Gasteiger partial charge is 0.131 e. The second-order valence-corrected chi connectivity index (χ2v) is 3.68. The lowest BCUT2D eigenvalue weighted by molar-refractivity contribution is 0.847. The van der Waals surface area contributed by atoms with E-state index >= 15 is 0 Å². The maximum absolute atomic E-state index is 4.61. The van der Waals surface area contributed by atoms with Crippen LogP contribution in [0, 0.1) is 0 Å². The maximum Gasteiger partial charge on any atom is 0.131 e. The van der Waals surface area contributed by atoms with Crippen molar-refractivity contribution in [2.45, 2.75) is 45.4 Å². The molecule has 2 heteroatoms. The normalized spacial score (nSPS) is 16.2. The minimum Gasteiger partial charge on any atom is -0.241 e. The van der Waals surface area contributed by atoms with Crippen LogP contribution in [-0.4, -0.2) is 9.97 Å². The first-order chi connectivity index (χ1) is 6.35. The lowest BCUT2D eigenvalue weighted by Gasteiger charge is -2.05. The quantitative estimate of drug-likeness (QED) is 0.707. The van der Waals surface area contributed by atoms with Crippen molar-refractivity contribution >= 4 is 0 Å². The molecule has 13 heavy (non-hydrogen) atoms. The highest BCUT2D eigenvalue weighted by molar-refractivity contribution is 5.20. The minimum absolute atomic E-state index is 0.677. The first kappa shape index (κ1) is 8.67. The van der Waals surface area contributed by atoms with Crippen LogP contribution in [0.3, 0.4) is 0 Å². The van der Waals surface area contributed by atoms with Crippen LogP contribution in [0.2, 0.25) is 0 Å². The number of hydrogen-bond donors (Lipinski definition) is 0. The number of hydrogen-bond acceptors (Lipinski definition) is 2. The molecule has 0 N–H and O–H groups in total. The minimum atomic E-state index is 0.677. The molecule has 1 saturated carbocycles. The molecule has 0 unspecified atom stereocenters. The highest BCUT2D eigenvalue weighted by Gasteiger charge is 2.26. The molecule has 1 fully saturated rings. The topological polar surface area (TPSA) is 25.8 Å². The van der Waals surface area contributed by atoms with Gasteiger partial charge in [0, 0.05) is 17.8 Å². The molecule has 0 spiro atoms. The third-order valence-electron chi connectivity index (χ3n) is 2.63. The van der Waals surface area contributed by atoms with Gasteiger partial charge in [0.15, 0.2) is 0 Å². The van der Waals surface area contributed by atoms with Crippen LogP contribution in [-0.2, 0) is 12.8 Å². The fraction of sp³-hybridized carbons (Fsp3) is 0.636. The van der Waals surface area contributed by atoms with E-state index in [0.29, 0.717) is 5.92 Å². The zero-order valence-electron chi connectivity index (χ0n) is 8.38. The molecular formula is C11H16N2. The van der Waals surface area contributed by atoms with Crippen molar-refractivity contribution in [1.29, 1.82) is 0 Å². The Morgan fingerprint density at radius 1 is 1.31 bits per heavy atom. The van der Waals surface area contributed by atoms with E-state index in [-0.39, 0.29) is 0 Å². The van der Waals surface area contributed by atoms with Gasteiger partial charge < -0.3 is 0 Å². The van der Waals surface area contributed by atoms with Crippen LogP contribution < -0.4 is 0 Å². The van der Waals surface area contributed by atoms with Crippen molar-refractivity contribution < 1.29 is 0 Å². The van der Waals surface area contributed by atoms with Crippen molar-refractivity contribution in [2.24, 2.45) is 0 Å². The molecule has 1 aliphatic carbocycles. The second kappa shape index (κ2) is 3.44. The fourth-order valence-corrected chi connectivity index (χ4v) is 1.60. The lowest BCUT2D eigenvalue weighted by atomic mass is 10.1. The van der Waals surface area contributed by atoms with Crippen LogP contribution in [0.25, 0.3) is 0 Å². The summed E-state index contributed by atoms with van der Waals surface area (Å²) in [5, 5.41) is 0. The number of nitrogens with zero attached hydrogens (tertiary/aromatic N) is 2. The van der Waals surface area contributed by atoms with Crippen molar-refractivity contribution in [3.63, 3.8) is 0 Å². The first-order valence-corrected chi connectivity index (χ1v) is 5.19. The predicted molar refractivity (Wildman–Crippen MR) is 52.8 cm³/mol. The Morgan fingerprint density at radius 2 is 2.08 bits per heavy atom. The summed E-state index contributed by atoms with van der Waals surface area (Å²) in [6.45, 7) is 4.33. The van der Waals surface area contributed by atoms with E-state index in [1.54, 1.807) is 0 Å². The van der Waals surface area contributed by atoms with Crippen LogP contribution in [0.4, 0.5) is 0 Å². The maximum atomic E-state index is 4.61. The largest absolute Gasteiger partial charge is 0.241 e. The summed E-state index contributed by atoms with van der Waals surface area (Å²) in [5.41, 5.74) is 2.56. The van der Waals surface area contributed by atoms with Crippen molar-refractivity contribution in [1.82, 2.24) is 9.97 Å². The molecule has 2 rings (SSSR count). The Morgan fingerprint density at radius 3 is 2.62 bits per heavy atom. The molecule has 0 aliphatic heterocycles. The summed E-state index contributed by atoms with van der Waals surface area (Å²) >= 11 is 0. The van der Waals surface area contributed by atoms with Crippen LogP contribution >= 0.6 is 0 Å². The van der Waals surface area contributed by atoms with Gasteiger partial charge in [-0.3, -0.25) is 0 Å². The van der Waals surface area contributed by atoms with Gasteiger partial charge >= 0.3 is 0 Å². The van der Waals surface area contributed by atoms with E-state index in [4.69, 9.17) is 0 Å². The molecule has 2 nitrogen and oxygen atoms in total. The van der Waals surface area contributed by atoms with Gasteiger partial charge in [-0.05, 0) is 31.2 Å². The summed E-state index contributed by atoms with van der Waals surface area (Å²) in [4.78, 5) is 9.02. The third kappa shape index (κ3) is 1.71. The Labute approximate surface area is 79.4 Å². The predicted octanol–water partition coefficient (Wildman–Crippen LogP) is 2.48. The van der Waals surface area contributed by atoms with Crippen molar-refractivity contribution in [3.05, 3.63) is 23.3 Å². The van der Waals surface area contributed by atoms with E-state index in [2.05, 4.69) is 23.8 Å². The summed E-state index contributed by atoms with van der Waals surface area (Å²) < 4.78 is 0. The highest BCUT2D eigenvalue weighted by atomic mass is 14.9. The van der Waals surface area contributed by atoms with Gasteiger partial charge in [-0.2, -0.15) is 0 Å². The van der Waals surface area contributed by atoms with Gasteiger partial charge in [-0.25, -0.2) is 9.97 Å². The summed E-state index contributed by atoms with van der Waals surface area (Å²) in [6.07, 6.45) is 6.67. The SMILES string of the molecule is CCc1cnc(C2CC2)nc1CC. The molecule has 1 aromatic rings. The van der Waals surface area contributed by atoms with Gasteiger partial charge in [0.2, 0.25) is 0 Å². The number of aromatic nitrogens is 2. The van der Waals surface area contributed by atoms with E-state index in [1.807, 2.05) is 6.20 Å². The molecule has 0 amide bonds. The summed E-state index contributed by atoms with van der Waals surface area (Å²) in [6, 6.07) is 0. The average molecular weight is 176 g/mol. The Bertz CT molecular complexity index is 303. The molecule has 1 aliphatic rings. The Balaban J connectivity index is 2.31. The Kier molecular flexibility index (Phi) is 2.30. The second-order valence-electron chi connectivity index (χ2n) is 3.68. The lowest BCUT2D eigenvalue weighted by Crippen LogP contribution is -2.01. The third-order valence-corrected chi connectivity index (χ3v) is 2.63. The molecule has 70 valence electrons. The molecule has 0 saturated heterocycles. The van der Waals surface area contributed by atoms with E-state index in [0.717, 1.165) is 18.7 Å². The molecular weight excluding hydrogens is 160 g/mol. The van der Waals surface area contributed by atoms with Gasteiger partial charge in [0.1, 0.15) is 5.82 Å². The van der Waals surface area contributed by atoms with Gasteiger partial charge in [-0.15, -0.1) is 0 Å². The molecule has 0 radical (unpaired) electrons. The zero-order chi connectivity index (χ0) is 9.26. The van der Waals surface area contributed by atoms with E-state index < -0.39 is 0 Å². The van der Waals surface area contributed by atoms with Gasteiger partial charge in [-0.1, -0.05) is 13.8 Å². The molecule has 0 aromatic carbocycles. The van der Waals surface area contributed by atoms with Crippen LogP contribution in [0.15, 0.2) is 6.20 Å². The molecule has 0 bridgehead atoms. The van der Waals surface area contributed by atoms with Gasteiger partial charge in [0.05, 0.1) is 0 Å². The molecule has 1 heterocycles. The standard InChI is InChI=1S/C11H16N2/c1-3-8-7-12-11(9-5-6-9)13-10(8)4-2/h7,9H,3-6H2,1-2H3. The number of rotatable bonds is 3.